The minimum absolute atomic E-state index is 0.685. The molecular weight excluding hydrogens is 104 g/mol. The summed E-state index contributed by atoms with van der Waals surface area (Å²) < 4.78 is 0. The minimum Gasteiger partial charge on any atom is -0.342 e. The minimum atomic E-state index is 0.685. The standard InChI is InChI=1S/C4H3N4/c1-3-4(8-7-1)6-2-5-3/h1-2H,(H,5,6). The lowest BCUT2D eigenvalue weighted by atomic mass is 10.5. The molecule has 1 N–H and O–H groups in total. The molecule has 4 heteroatoms. The van der Waals surface area contributed by atoms with Crippen molar-refractivity contribution < 1.29 is 0 Å². The van der Waals surface area contributed by atoms with E-state index >= 15 is 0 Å². The fourth-order valence-corrected chi connectivity index (χ4v) is 0.613. The van der Waals surface area contributed by atoms with Crippen molar-refractivity contribution in [1.82, 2.24) is 15.4 Å². The molecule has 0 spiro atoms. The van der Waals surface area contributed by atoms with Gasteiger partial charge in [0.25, 0.3) is 0 Å². The van der Waals surface area contributed by atoms with E-state index in [1.54, 1.807) is 12.5 Å². The predicted octanol–water partition coefficient (Wildman–Crippen LogP) is -0.00690. The van der Waals surface area contributed by atoms with Crippen molar-refractivity contribution in [2.75, 3.05) is 0 Å². The molecule has 2 heterocycles. The van der Waals surface area contributed by atoms with E-state index in [1.807, 2.05) is 0 Å². The molecule has 1 aromatic heterocycles. The van der Waals surface area contributed by atoms with Gasteiger partial charge in [0.2, 0.25) is 5.82 Å². The fraction of sp³-hybridized carbons (Fsp3) is 0. The van der Waals surface area contributed by atoms with Crippen molar-refractivity contribution in [3.05, 3.63) is 12.0 Å². The normalized spacial score (nSPS) is 13.5. The van der Waals surface area contributed by atoms with E-state index in [2.05, 4.69) is 20.5 Å². The van der Waals surface area contributed by atoms with Gasteiger partial charge in [-0.05, 0) is 0 Å². The topological polar surface area (TPSA) is 55.1 Å². The summed E-state index contributed by atoms with van der Waals surface area (Å²) in [6.45, 7) is 0. The molecule has 0 unspecified atom stereocenters. The molecule has 0 amide bonds. The maximum absolute atomic E-state index is 3.85. The summed E-state index contributed by atoms with van der Waals surface area (Å²) in [6.07, 6.45) is 3.24. The Morgan fingerprint density at radius 1 is 1.50 bits per heavy atom. The molecule has 0 aliphatic carbocycles. The summed E-state index contributed by atoms with van der Waals surface area (Å²) in [5.74, 6) is 0.685. The van der Waals surface area contributed by atoms with E-state index in [0.29, 0.717) is 5.82 Å². The van der Waals surface area contributed by atoms with Gasteiger partial charge >= 0.3 is 0 Å². The number of fused-ring (bicyclic) bond motifs is 1. The zero-order chi connectivity index (χ0) is 5.40. The first kappa shape index (κ1) is 3.65. The lowest BCUT2D eigenvalue weighted by Gasteiger charge is -1.75. The second-order valence-corrected chi connectivity index (χ2v) is 1.48. The van der Waals surface area contributed by atoms with E-state index in [1.165, 1.54) is 0 Å². The van der Waals surface area contributed by atoms with Crippen molar-refractivity contribution in [3.63, 3.8) is 0 Å². The van der Waals surface area contributed by atoms with Crippen LogP contribution in [0.5, 0.6) is 0 Å². The molecule has 0 bridgehead atoms. The maximum atomic E-state index is 3.85. The van der Waals surface area contributed by atoms with Gasteiger partial charge in [-0.2, -0.15) is 5.10 Å². The molecule has 8 heavy (non-hydrogen) atoms. The summed E-state index contributed by atoms with van der Waals surface area (Å²) >= 11 is 0. The van der Waals surface area contributed by atoms with E-state index < -0.39 is 0 Å². The van der Waals surface area contributed by atoms with Crippen molar-refractivity contribution in [2.45, 2.75) is 0 Å². The number of hydrogen-bond acceptors (Lipinski definition) is 2. The average Bonchev–Trinajstić information content (AvgIpc) is 2.15. The molecule has 0 saturated heterocycles. The number of nitrogens with one attached hydrogen (secondary N) is 1. The van der Waals surface area contributed by atoms with Crippen molar-refractivity contribution in [2.24, 2.45) is 5.10 Å². The Morgan fingerprint density at radius 2 is 2.50 bits per heavy atom. The third-order valence-corrected chi connectivity index (χ3v) is 0.987. The Labute approximate surface area is 45.6 Å². The molecule has 0 atom stereocenters. The third-order valence-electron chi connectivity index (χ3n) is 0.987. The molecule has 2 rings (SSSR count). The number of imidazole rings is 1. The van der Waals surface area contributed by atoms with Gasteiger partial charge in [0, 0.05) is 0 Å². The SMILES string of the molecule is C1=N[N]c2nc[nH]c21. The van der Waals surface area contributed by atoms with Crippen LogP contribution in [0.1, 0.15) is 5.69 Å². The molecule has 1 aliphatic heterocycles. The molecule has 4 nitrogen and oxygen atoms in total. The number of aromatic nitrogens is 2. The van der Waals surface area contributed by atoms with Gasteiger partial charge in [0.1, 0.15) is 5.69 Å². The smallest absolute Gasteiger partial charge is 0.201 e. The quantitative estimate of drug-likeness (QED) is 0.498. The van der Waals surface area contributed by atoms with Gasteiger partial charge in [0.15, 0.2) is 0 Å². The van der Waals surface area contributed by atoms with E-state index in [9.17, 15) is 0 Å². The molecule has 1 aliphatic rings. The Hall–Kier alpha value is -1.32. The second-order valence-electron chi connectivity index (χ2n) is 1.48. The number of rotatable bonds is 0. The van der Waals surface area contributed by atoms with Crippen molar-refractivity contribution in [3.8, 4) is 0 Å². The van der Waals surface area contributed by atoms with Crippen LogP contribution in [0.15, 0.2) is 11.4 Å². The number of nitrogens with zero attached hydrogens (tertiary/aromatic N) is 3. The lowest BCUT2D eigenvalue weighted by Crippen LogP contribution is -1.78. The Bertz CT molecular complexity index is 224. The van der Waals surface area contributed by atoms with Crippen LogP contribution in [-0.4, -0.2) is 16.2 Å². The zero-order valence-electron chi connectivity index (χ0n) is 4.00. The first-order valence-electron chi connectivity index (χ1n) is 2.24. The molecule has 1 aromatic rings. The second kappa shape index (κ2) is 1.09. The third kappa shape index (κ3) is 0.294. The van der Waals surface area contributed by atoms with Gasteiger partial charge < -0.3 is 4.98 Å². The van der Waals surface area contributed by atoms with Crippen LogP contribution in [0.3, 0.4) is 0 Å². The van der Waals surface area contributed by atoms with Crippen molar-refractivity contribution >= 4 is 12.0 Å². The van der Waals surface area contributed by atoms with Gasteiger partial charge in [-0.15, -0.1) is 5.43 Å². The highest BCUT2D eigenvalue weighted by atomic mass is 15.3. The molecule has 0 fully saturated rings. The summed E-state index contributed by atoms with van der Waals surface area (Å²) in [6, 6.07) is 0. The zero-order valence-corrected chi connectivity index (χ0v) is 4.00. The summed E-state index contributed by atoms with van der Waals surface area (Å²) in [5.41, 5.74) is 4.58. The van der Waals surface area contributed by atoms with Gasteiger partial charge in [-0.3, -0.25) is 0 Å². The van der Waals surface area contributed by atoms with Gasteiger partial charge in [0.05, 0.1) is 12.5 Å². The van der Waals surface area contributed by atoms with Crippen LogP contribution in [0.25, 0.3) is 0 Å². The predicted molar refractivity (Wildman–Crippen MR) is 28.0 cm³/mol. The molecule has 1 radical (unpaired) electrons. The molecular formula is C4H3N4. The summed E-state index contributed by atoms with van der Waals surface area (Å²) in [4.78, 5) is 6.71. The van der Waals surface area contributed by atoms with E-state index in [-0.39, 0.29) is 0 Å². The fourth-order valence-electron chi connectivity index (χ4n) is 0.613. The maximum Gasteiger partial charge on any atom is 0.201 e. The summed E-state index contributed by atoms with van der Waals surface area (Å²) in [5, 5.41) is 3.62. The van der Waals surface area contributed by atoms with Crippen LogP contribution in [-0.2, 0) is 0 Å². The van der Waals surface area contributed by atoms with Crippen LogP contribution < -0.4 is 5.43 Å². The van der Waals surface area contributed by atoms with E-state index in [4.69, 9.17) is 0 Å². The Balaban J connectivity index is 2.67. The number of hydrogen-bond donors (Lipinski definition) is 1. The highest BCUT2D eigenvalue weighted by Crippen LogP contribution is 2.10. The Kier molecular flexibility index (Phi) is 0.498. The summed E-state index contributed by atoms with van der Waals surface area (Å²) in [7, 11) is 0. The van der Waals surface area contributed by atoms with Crippen molar-refractivity contribution in [1.29, 1.82) is 0 Å². The molecule has 0 saturated carbocycles. The lowest BCUT2D eigenvalue weighted by molar-refractivity contribution is 0.957. The number of aromatic amines is 1. The van der Waals surface area contributed by atoms with Gasteiger partial charge in [-0.25, -0.2) is 4.98 Å². The van der Waals surface area contributed by atoms with Crippen LogP contribution in [0, 0.1) is 0 Å². The van der Waals surface area contributed by atoms with Crippen LogP contribution in [0.2, 0.25) is 0 Å². The highest BCUT2D eigenvalue weighted by molar-refractivity contribution is 5.85. The first-order chi connectivity index (χ1) is 3.97. The Morgan fingerprint density at radius 3 is 3.38 bits per heavy atom. The molecule has 0 aromatic carbocycles. The van der Waals surface area contributed by atoms with Gasteiger partial charge in [-0.1, -0.05) is 0 Å². The first-order valence-corrected chi connectivity index (χ1v) is 2.24. The highest BCUT2D eigenvalue weighted by Gasteiger charge is 2.07. The van der Waals surface area contributed by atoms with E-state index in [0.717, 1.165) is 5.69 Å². The van der Waals surface area contributed by atoms with Crippen LogP contribution >= 0.6 is 0 Å². The number of H-pyrrole nitrogens is 1. The molecule has 39 valence electrons. The average molecular weight is 107 g/mol. The monoisotopic (exact) mass is 107 g/mol. The largest absolute Gasteiger partial charge is 0.342 e. The van der Waals surface area contributed by atoms with Crippen LogP contribution in [0.4, 0.5) is 5.82 Å².